The molecule has 0 radical (unpaired) electrons. The minimum atomic E-state index is 0.698. The summed E-state index contributed by atoms with van der Waals surface area (Å²) >= 11 is 3.67. The van der Waals surface area contributed by atoms with Crippen molar-refractivity contribution in [3.05, 3.63) is 152 Å². The van der Waals surface area contributed by atoms with Gasteiger partial charge in [-0.2, -0.15) is 0 Å². The van der Waals surface area contributed by atoms with Crippen LogP contribution < -0.4 is 0 Å². The summed E-state index contributed by atoms with van der Waals surface area (Å²) < 4.78 is 7.30. The maximum absolute atomic E-state index is 5.57. The van der Waals surface area contributed by atoms with Gasteiger partial charge in [-0.3, -0.25) is 4.57 Å². The van der Waals surface area contributed by atoms with Gasteiger partial charge in [-0.05, 0) is 74.8 Å². The van der Waals surface area contributed by atoms with E-state index in [0.29, 0.717) is 5.95 Å². The maximum atomic E-state index is 5.57. The van der Waals surface area contributed by atoms with Crippen molar-refractivity contribution in [3.63, 3.8) is 0 Å². The fraction of sp³-hybridized carbons (Fsp3) is 0. The normalized spacial score (nSPS) is 12.5. The fourth-order valence-electron chi connectivity index (χ4n) is 9.09. The Bertz CT molecular complexity index is 3570. The number of benzene rings is 8. The van der Waals surface area contributed by atoms with E-state index in [4.69, 9.17) is 9.97 Å². The molecule has 5 heteroatoms. The van der Waals surface area contributed by atoms with Crippen LogP contribution in [0.3, 0.4) is 0 Å². The topological polar surface area (TPSA) is 30.7 Å². The second-order valence-electron chi connectivity index (χ2n) is 14.1. The predicted molar refractivity (Wildman–Crippen MR) is 227 cm³/mol. The zero-order valence-electron chi connectivity index (χ0n) is 28.1. The Morgan fingerprint density at radius 2 is 1.17 bits per heavy atom. The smallest absolute Gasteiger partial charge is 0.235 e. The Labute approximate surface area is 310 Å². The fourth-order valence-corrected chi connectivity index (χ4v) is 11.4. The molecule has 8 aromatic carbocycles. The zero-order valence-corrected chi connectivity index (χ0v) is 29.7. The van der Waals surface area contributed by atoms with Gasteiger partial charge in [0.1, 0.15) is 0 Å². The lowest BCUT2D eigenvalue weighted by molar-refractivity contribution is 1.02. The highest BCUT2D eigenvalue weighted by molar-refractivity contribution is 7.26. The molecular formula is C48H25N3S2. The summed E-state index contributed by atoms with van der Waals surface area (Å²) in [5.41, 5.74) is 10.4. The molecule has 4 aromatic heterocycles. The molecule has 0 amide bonds. The number of hydrogen-bond donors (Lipinski definition) is 0. The summed E-state index contributed by atoms with van der Waals surface area (Å²) in [6.07, 6.45) is 0. The van der Waals surface area contributed by atoms with Crippen molar-refractivity contribution in [1.82, 2.24) is 14.5 Å². The van der Waals surface area contributed by atoms with Crippen LogP contribution >= 0.6 is 22.7 Å². The molecule has 0 saturated heterocycles. The highest BCUT2D eigenvalue weighted by Crippen LogP contribution is 2.54. The van der Waals surface area contributed by atoms with Crippen molar-refractivity contribution in [2.75, 3.05) is 0 Å². The molecule has 1 aliphatic rings. The molecule has 3 nitrogen and oxygen atoms in total. The maximum Gasteiger partial charge on any atom is 0.235 e. The van der Waals surface area contributed by atoms with Gasteiger partial charge in [0.05, 0.1) is 26.9 Å². The van der Waals surface area contributed by atoms with Gasteiger partial charge in [-0.25, -0.2) is 9.97 Å². The summed E-state index contributed by atoms with van der Waals surface area (Å²) in [6.45, 7) is 0. The lowest BCUT2D eigenvalue weighted by Gasteiger charge is -2.16. The summed E-state index contributed by atoms with van der Waals surface area (Å²) in [6, 6.07) is 55.5. The molecule has 0 fully saturated rings. The van der Waals surface area contributed by atoms with Crippen LogP contribution in [0, 0.1) is 0 Å². The van der Waals surface area contributed by atoms with E-state index >= 15 is 0 Å². The molecule has 0 aliphatic heterocycles. The average molecular weight is 708 g/mol. The van der Waals surface area contributed by atoms with Crippen molar-refractivity contribution < 1.29 is 0 Å². The Balaban J connectivity index is 1.23. The van der Waals surface area contributed by atoms with Gasteiger partial charge in [0.25, 0.3) is 0 Å². The van der Waals surface area contributed by atoms with Crippen molar-refractivity contribution in [1.29, 1.82) is 0 Å². The molecule has 4 heterocycles. The summed E-state index contributed by atoms with van der Waals surface area (Å²) in [5.74, 6) is 0.698. The van der Waals surface area contributed by atoms with Crippen LogP contribution in [0.15, 0.2) is 152 Å². The number of fused-ring (bicyclic) bond motifs is 5. The molecule has 53 heavy (non-hydrogen) atoms. The molecule has 12 aromatic rings. The number of thiophene rings is 2. The van der Waals surface area contributed by atoms with Crippen LogP contribution in [0.25, 0.3) is 123 Å². The zero-order chi connectivity index (χ0) is 34.4. The second kappa shape index (κ2) is 10.1. The SMILES string of the molecule is c1ccc(-c2ccc3ccc4c5c3c2-c2cccc3sc6ccc(c5c6c23)n4-c2nc(-c3ccc4ccccc4c3)c3sc4ccccc4c3n2)cc1. The third-order valence-electron chi connectivity index (χ3n) is 11.3. The van der Waals surface area contributed by atoms with Gasteiger partial charge in [-0.1, -0.05) is 115 Å². The first-order chi connectivity index (χ1) is 26.3. The molecule has 0 atom stereocenters. The molecule has 1 aliphatic carbocycles. The summed E-state index contributed by atoms with van der Waals surface area (Å²) in [4.78, 5) is 11.1. The van der Waals surface area contributed by atoms with E-state index in [-0.39, 0.29) is 0 Å². The Hall–Kier alpha value is -6.40. The van der Waals surface area contributed by atoms with E-state index in [2.05, 4.69) is 156 Å². The van der Waals surface area contributed by atoms with Gasteiger partial charge in [0.15, 0.2) is 0 Å². The molecule has 0 saturated carbocycles. The largest absolute Gasteiger partial charge is 0.278 e. The number of nitrogens with zero attached hydrogens (tertiary/aromatic N) is 3. The van der Waals surface area contributed by atoms with Crippen molar-refractivity contribution in [3.8, 4) is 39.5 Å². The van der Waals surface area contributed by atoms with Crippen LogP contribution in [-0.2, 0) is 0 Å². The second-order valence-corrected chi connectivity index (χ2v) is 16.2. The van der Waals surface area contributed by atoms with E-state index in [9.17, 15) is 0 Å². The minimum absolute atomic E-state index is 0.698. The molecule has 0 bridgehead atoms. The Kier molecular flexibility index (Phi) is 5.40. The quantitative estimate of drug-likeness (QED) is 0.183. The Morgan fingerprint density at radius 1 is 0.434 bits per heavy atom. The van der Waals surface area contributed by atoms with Gasteiger partial charge in [0.2, 0.25) is 5.95 Å². The molecule has 0 N–H and O–H groups in total. The molecule has 244 valence electrons. The van der Waals surface area contributed by atoms with Crippen LogP contribution in [0.4, 0.5) is 0 Å². The first-order valence-electron chi connectivity index (χ1n) is 17.9. The lowest BCUT2D eigenvalue weighted by Crippen LogP contribution is -2.03. The third kappa shape index (κ3) is 3.67. The van der Waals surface area contributed by atoms with Gasteiger partial charge in [0, 0.05) is 52.0 Å². The molecule has 0 unspecified atom stereocenters. The number of hydrogen-bond acceptors (Lipinski definition) is 4. The van der Waals surface area contributed by atoms with E-state index < -0.39 is 0 Å². The van der Waals surface area contributed by atoms with Crippen molar-refractivity contribution >= 4 is 106 Å². The first kappa shape index (κ1) is 28.2. The molecular weight excluding hydrogens is 683 g/mol. The average Bonchev–Trinajstić information content (AvgIpc) is 3.86. The van der Waals surface area contributed by atoms with E-state index in [1.54, 1.807) is 11.3 Å². The van der Waals surface area contributed by atoms with Crippen molar-refractivity contribution in [2.45, 2.75) is 0 Å². The molecule has 13 rings (SSSR count). The lowest BCUT2D eigenvalue weighted by atomic mass is 9.88. The first-order valence-corrected chi connectivity index (χ1v) is 19.5. The summed E-state index contributed by atoms with van der Waals surface area (Å²) in [7, 11) is 0. The van der Waals surface area contributed by atoms with Crippen LogP contribution in [0.5, 0.6) is 0 Å². The highest BCUT2D eigenvalue weighted by Gasteiger charge is 2.28. The van der Waals surface area contributed by atoms with Gasteiger partial charge >= 0.3 is 0 Å². The van der Waals surface area contributed by atoms with E-state index in [1.807, 2.05) is 11.3 Å². The van der Waals surface area contributed by atoms with E-state index in [0.717, 1.165) is 37.9 Å². The summed E-state index contributed by atoms with van der Waals surface area (Å²) in [5, 5.41) is 11.4. The van der Waals surface area contributed by atoms with Crippen LogP contribution in [0.2, 0.25) is 0 Å². The standard InChI is InChI=1S/C48H25N3S2/c1-2-10-27(11-3-1)31-21-19-28-20-22-34-42-39(28)40(31)33-14-8-16-37-41(33)44-38(52-37)24-23-35(43(42)44)51(34)48-49-45(30-18-17-26-9-4-5-12-29(26)25-30)47-46(50-48)32-13-6-7-15-36(32)53-47/h1-25H. The van der Waals surface area contributed by atoms with Gasteiger partial charge in [-0.15, -0.1) is 22.7 Å². The predicted octanol–water partition coefficient (Wildman–Crippen LogP) is 13.9. The monoisotopic (exact) mass is 707 g/mol. The van der Waals surface area contributed by atoms with Gasteiger partial charge < -0.3 is 0 Å². The highest BCUT2D eigenvalue weighted by atomic mass is 32.1. The van der Waals surface area contributed by atoms with Crippen molar-refractivity contribution in [2.24, 2.45) is 0 Å². The van der Waals surface area contributed by atoms with Crippen LogP contribution in [0.1, 0.15) is 0 Å². The minimum Gasteiger partial charge on any atom is -0.278 e. The number of aromatic nitrogens is 3. The number of rotatable bonds is 3. The Morgan fingerprint density at radius 3 is 2.09 bits per heavy atom. The van der Waals surface area contributed by atoms with Crippen LogP contribution in [-0.4, -0.2) is 14.5 Å². The molecule has 0 spiro atoms. The van der Waals surface area contributed by atoms with E-state index in [1.165, 1.54) is 79.4 Å². The third-order valence-corrected chi connectivity index (χ3v) is 13.6.